The number of hydrogen-bond donors (Lipinski definition) is 0. The molecule has 0 atom stereocenters. The van der Waals surface area contributed by atoms with E-state index >= 15 is 0 Å². The van der Waals surface area contributed by atoms with Gasteiger partial charge in [0.2, 0.25) is 0 Å². The summed E-state index contributed by atoms with van der Waals surface area (Å²) in [5.74, 6) is -0.292. The second-order valence-electron chi connectivity index (χ2n) is 4.92. The third-order valence-corrected chi connectivity index (χ3v) is 3.99. The maximum atomic E-state index is 13.8. The Morgan fingerprint density at radius 3 is 2.89 bits per heavy atom. The van der Waals surface area contributed by atoms with Gasteiger partial charge in [-0.05, 0) is 32.0 Å². The highest BCUT2D eigenvalue weighted by atomic mass is 79.9. The lowest BCUT2D eigenvalue weighted by molar-refractivity contribution is 0.492. The van der Waals surface area contributed by atoms with Gasteiger partial charge in [0.15, 0.2) is 0 Å². The van der Waals surface area contributed by atoms with Crippen molar-refractivity contribution in [2.75, 3.05) is 0 Å². The lowest BCUT2D eigenvalue weighted by atomic mass is 9.92. The smallest absolute Gasteiger partial charge is 0.132 e. The first kappa shape index (κ1) is 14.2. The van der Waals surface area contributed by atoms with Crippen LogP contribution >= 0.6 is 27.3 Å². The van der Waals surface area contributed by atoms with E-state index < -0.39 is 5.41 Å². The van der Waals surface area contributed by atoms with E-state index in [2.05, 4.69) is 27.0 Å². The number of rotatable bonds is 3. The van der Waals surface area contributed by atoms with E-state index in [1.54, 1.807) is 12.1 Å². The third kappa shape index (κ3) is 3.40. The molecule has 2 rings (SSSR count). The predicted octanol–water partition coefficient (Wildman–Crippen LogP) is 4.80. The Hall–Kier alpha value is -1.25. The average Bonchev–Trinajstić information content (AvgIpc) is 2.80. The Morgan fingerprint density at radius 2 is 2.21 bits per heavy atom. The van der Waals surface area contributed by atoms with Crippen molar-refractivity contribution >= 4 is 27.3 Å². The first-order valence-corrected chi connectivity index (χ1v) is 7.40. The van der Waals surface area contributed by atoms with Gasteiger partial charge in [-0.15, -0.1) is 11.3 Å². The summed E-state index contributed by atoms with van der Waals surface area (Å²) < 4.78 is 14.6. The predicted molar refractivity (Wildman–Crippen MR) is 78.3 cm³/mol. The van der Waals surface area contributed by atoms with Crippen LogP contribution in [0.3, 0.4) is 0 Å². The fraction of sp³-hybridized carbons (Fsp3) is 0.286. The summed E-state index contributed by atoms with van der Waals surface area (Å²) in [6.07, 6.45) is 0.573. The number of benzene rings is 1. The zero-order chi connectivity index (χ0) is 14.0. The van der Waals surface area contributed by atoms with E-state index in [1.807, 2.05) is 19.2 Å². The number of thiazole rings is 1. The number of nitrogens with zero attached hydrogens (tertiary/aromatic N) is 2. The molecular formula is C14H12BrFN2S. The quantitative estimate of drug-likeness (QED) is 0.805. The van der Waals surface area contributed by atoms with Crippen LogP contribution in [-0.2, 0) is 6.42 Å². The fourth-order valence-electron chi connectivity index (χ4n) is 1.63. The minimum Gasteiger partial charge on any atom is -0.241 e. The third-order valence-electron chi connectivity index (χ3n) is 2.65. The molecule has 2 nitrogen and oxygen atoms in total. The fourth-order valence-corrected chi connectivity index (χ4v) is 3.01. The number of halogens is 2. The van der Waals surface area contributed by atoms with Gasteiger partial charge < -0.3 is 0 Å². The van der Waals surface area contributed by atoms with E-state index in [0.29, 0.717) is 17.7 Å². The van der Waals surface area contributed by atoms with Gasteiger partial charge in [0.25, 0.3) is 0 Å². The monoisotopic (exact) mass is 338 g/mol. The van der Waals surface area contributed by atoms with Gasteiger partial charge in [-0.2, -0.15) is 5.26 Å². The van der Waals surface area contributed by atoms with Crippen molar-refractivity contribution in [3.05, 3.63) is 38.9 Å². The van der Waals surface area contributed by atoms with Crippen molar-refractivity contribution in [1.82, 2.24) is 4.98 Å². The van der Waals surface area contributed by atoms with Crippen molar-refractivity contribution in [2.24, 2.45) is 5.41 Å². The standard InChI is InChI=1S/C14H12BrFN2S/c1-14(2,8-17)6-13-18-12(7-19-13)10-5-9(15)3-4-11(10)16/h3-5,7H,6H2,1-2H3. The molecule has 0 bridgehead atoms. The minimum absolute atomic E-state index is 0.292. The molecule has 5 heteroatoms. The van der Waals surface area contributed by atoms with Gasteiger partial charge in [0.1, 0.15) is 5.82 Å². The highest BCUT2D eigenvalue weighted by Gasteiger charge is 2.20. The summed E-state index contributed by atoms with van der Waals surface area (Å²) in [7, 11) is 0. The van der Waals surface area contributed by atoms with Crippen molar-refractivity contribution in [2.45, 2.75) is 20.3 Å². The summed E-state index contributed by atoms with van der Waals surface area (Å²) in [6.45, 7) is 3.74. The van der Waals surface area contributed by atoms with Gasteiger partial charge in [-0.1, -0.05) is 15.9 Å². The summed E-state index contributed by atoms with van der Waals surface area (Å²) in [5.41, 5.74) is 0.643. The Bertz CT molecular complexity index is 643. The molecule has 0 fully saturated rings. The van der Waals surface area contributed by atoms with Crippen molar-refractivity contribution in [3.63, 3.8) is 0 Å². The van der Waals surface area contributed by atoms with E-state index in [-0.39, 0.29) is 5.82 Å². The molecule has 0 aliphatic carbocycles. The van der Waals surface area contributed by atoms with Crippen LogP contribution in [0.4, 0.5) is 4.39 Å². The lowest BCUT2D eigenvalue weighted by Gasteiger charge is -2.11. The highest BCUT2D eigenvalue weighted by molar-refractivity contribution is 9.10. The van der Waals surface area contributed by atoms with E-state index in [9.17, 15) is 4.39 Å². The average molecular weight is 339 g/mol. The summed E-state index contributed by atoms with van der Waals surface area (Å²) >= 11 is 4.78. The lowest BCUT2D eigenvalue weighted by Crippen LogP contribution is -2.11. The zero-order valence-corrected chi connectivity index (χ0v) is 13.0. The summed E-state index contributed by atoms with van der Waals surface area (Å²) in [5, 5.41) is 11.7. The molecule has 0 unspecified atom stereocenters. The molecule has 98 valence electrons. The molecule has 0 spiro atoms. The van der Waals surface area contributed by atoms with Gasteiger partial charge in [-0.25, -0.2) is 9.37 Å². The summed E-state index contributed by atoms with van der Waals surface area (Å²) in [6, 6.07) is 7.03. The first-order valence-electron chi connectivity index (χ1n) is 5.72. The first-order chi connectivity index (χ1) is 8.91. The molecule has 19 heavy (non-hydrogen) atoms. The molecule has 0 aliphatic rings. The van der Waals surface area contributed by atoms with Crippen molar-refractivity contribution in [1.29, 1.82) is 5.26 Å². The molecular weight excluding hydrogens is 327 g/mol. The van der Waals surface area contributed by atoms with Crippen molar-refractivity contribution < 1.29 is 4.39 Å². The molecule has 0 amide bonds. The van der Waals surface area contributed by atoms with Crippen molar-refractivity contribution in [3.8, 4) is 17.3 Å². The molecule has 0 N–H and O–H groups in total. The minimum atomic E-state index is -0.453. The Labute approximate surface area is 124 Å². The van der Waals surface area contributed by atoms with E-state index in [0.717, 1.165) is 9.48 Å². The Balaban J connectivity index is 2.31. The molecule has 2 aromatic rings. The summed E-state index contributed by atoms with van der Waals surface area (Å²) in [4.78, 5) is 4.42. The van der Waals surface area contributed by atoms with Crippen LogP contribution in [0.5, 0.6) is 0 Å². The maximum absolute atomic E-state index is 13.8. The topological polar surface area (TPSA) is 36.7 Å². The van der Waals surface area contributed by atoms with Gasteiger partial charge >= 0.3 is 0 Å². The SMILES string of the molecule is CC(C)(C#N)Cc1nc(-c2cc(Br)ccc2F)cs1. The van der Waals surface area contributed by atoms with E-state index in [4.69, 9.17) is 5.26 Å². The normalized spacial score (nSPS) is 11.3. The second-order valence-corrected chi connectivity index (χ2v) is 6.78. The second kappa shape index (κ2) is 5.40. The molecule has 0 aliphatic heterocycles. The largest absolute Gasteiger partial charge is 0.241 e. The molecule has 1 aromatic carbocycles. The Morgan fingerprint density at radius 1 is 1.47 bits per heavy atom. The van der Waals surface area contributed by atoms with Gasteiger partial charge in [-0.3, -0.25) is 0 Å². The van der Waals surface area contributed by atoms with Crippen LogP contribution in [0.15, 0.2) is 28.1 Å². The maximum Gasteiger partial charge on any atom is 0.132 e. The molecule has 1 heterocycles. The number of aromatic nitrogens is 1. The van der Waals surface area contributed by atoms with E-state index in [1.165, 1.54) is 17.4 Å². The van der Waals surface area contributed by atoms with Crippen LogP contribution < -0.4 is 0 Å². The van der Waals surface area contributed by atoms with Crippen LogP contribution in [0.1, 0.15) is 18.9 Å². The van der Waals surface area contributed by atoms with Gasteiger partial charge in [0, 0.05) is 21.8 Å². The number of hydrogen-bond acceptors (Lipinski definition) is 3. The Kier molecular flexibility index (Phi) is 4.02. The zero-order valence-electron chi connectivity index (χ0n) is 10.6. The molecule has 1 aromatic heterocycles. The molecule has 0 saturated heterocycles. The molecule has 0 saturated carbocycles. The van der Waals surface area contributed by atoms with Crippen LogP contribution in [-0.4, -0.2) is 4.98 Å². The van der Waals surface area contributed by atoms with Gasteiger partial charge in [0.05, 0.1) is 22.2 Å². The van der Waals surface area contributed by atoms with Crippen LogP contribution in [0.25, 0.3) is 11.3 Å². The van der Waals surface area contributed by atoms with Crippen LogP contribution in [0, 0.1) is 22.6 Å². The number of nitriles is 1. The van der Waals surface area contributed by atoms with Crippen LogP contribution in [0.2, 0.25) is 0 Å². The highest BCUT2D eigenvalue weighted by Crippen LogP contribution is 2.30. The molecule has 0 radical (unpaired) electrons.